The van der Waals surface area contributed by atoms with Crippen molar-refractivity contribution in [1.82, 2.24) is 8.87 Å². The van der Waals surface area contributed by atoms with E-state index in [0.29, 0.717) is 11.4 Å². The van der Waals surface area contributed by atoms with Gasteiger partial charge in [-0.1, -0.05) is 48.0 Å². The zero-order valence-electron chi connectivity index (χ0n) is 16.0. The van der Waals surface area contributed by atoms with E-state index in [1.807, 2.05) is 44.3 Å². The van der Waals surface area contributed by atoms with Crippen molar-refractivity contribution in [2.75, 3.05) is 0 Å². The summed E-state index contributed by atoms with van der Waals surface area (Å²) < 4.78 is 29.9. The summed E-state index contributed by atoms with van der Waals surface area (Å²) in [7, 11) is -3.55. The second-order valence-corrected chi connectivity index (χ2v) is 8.96. The van der Waals surface area contributed by atoms with Crippen molar-refractivity contribution in [3.8, 4) is 0 Å². The minimum atomic E-state index is -3.55. The van der Waals surface area contributed by atoms with Crippen molar-refractivity contribution in [1.29, 1.82) is 0 Å². The average Bonchev–Trinajstić information content (AvgIpc) is 3.07. The summed E-state index contributed by atoms with van der Waals surface area (Å²) >= 11 is 0. The summed E-state index contributed by atoms with van der Waals surface area (Å²) in [6, 6.07) is 20.8. The summed E-state index contributed by atoms with van der Waals surface area (Å²) in [5.74, 6) is 0. The van der Waals surface area contributed by atoms with Crippen LogP contribution in [0.1, 0.15) is 30.7 Å². The third-order valence-electron chi connectivity index (χ3n) is 4.60. The van der Waals surface area contributed by atoms with Crippen LogP contribution in [-0.2, 0) is 23.1 Å². The van der Waals surface area contributed by atoms with Crippen molar-refractivity contribution < 1.29 is 8.42 Å². The number of benzene rings is 2. The standard InChI is InChI=1S/C22H26N2O2S/c1-18(2)24(27(25,26)22-12-5-4-6-13-22)17-21-11-8-14-23(21)16-20-10-7-9-19(3)15-20/h4-15,18H,16-17H2,1-3H3. The highest BCUT2D eigenvalue weighted by Gasteiger charge is 2.27. The molecule has 0 spiro atoms. The molecule has 0 aliphatic carbocycles. The van der Waals surface area contributed by atoms with Crippen molar-refractivity contribution >= 4 is 10.0 Å². The number of aromatic nitrogens is 1. The van der Waals surface area contributed by atoms with Gasteiger partial charge in [0.25, 0.3) is 0 Å². The maximum absolute atomic E-state index is 13.1. The van der Waals surface area contributed by atoms with Crippen molar-refractivity contribution in [3.63, 3.8) is 0 Å². The third-order valence-corrected chi connectivity index (χ3v) is 6.64. The van der Waals surface area contributed by atoms with E-state index in [1.165, 1.54) is 11.1 Å². The fourth-order valence-corrected chi connectivity index (χ4v) is 4.82. The van der Waals surface area contributed by atoms with Crippen molar-refractivity contribution in [2.24, 2.45) is 0 Å². The molecular weight excluding hydrogens is 356 g/mol. The Morgan fingerprint density at radius 2 is 1.70 bits per heavy atom. The van der Waals surface area contributed by atoms with Crippen LogP contribution >= 0.6 is 0 Å². The lowest BCUT2D eigenvalue weighted by Crippen LogP contribution is -2.37. The Morgan fingerprint density at radius 1 is 0.963 bits per heavy atom. The van der Waals surface area contributed by atoms with E-state index in [1.54, 1.807) is 28.6 Å². The normalized spacial score (nSPS) is 12.0. The van der Waals surface area contributed by atoms with Gasteiger partial charge >= 0.3 is 0 Å². The second-order valence-electron chi connectivity index (χ2n) is 7.07. The molecule has 1 heterocycles. The van der Waals surface area contributed by atoms with Crippen LogP contribution < -0.4 is 0 Å². The molecule has 0 bridgehead atoms. The molecule has 0 unspecified atom stereocenters. The van der Waals surface area contributed by atoms with Crippen molar-refractivity contribution in [3.05, 3.63) is 89.7 Å². The molecule has 0 saturated heterocycles. The molecule has 0 radical (unpaired) electrons. The minimum Gasteiger partial charge on any atom is -0.346 e. The molecule has 3 rings (SSSR count). The number of nitrogens with zero attached hydrogens (tertiary/aromatic N) is 2. The number of hydrogen-bond donors (Lipinski definition) is 0. The van der Waals surface area contributed by atoms with E-state index in [0.717, 1.165) is 12.2 Å². The SMILES string of the molecule is Cc1cccc(Cn2cccc2CN(C(C)C)S(=O)(=O)c2ccccc2)c1. The summed E-state index contributed by atoms with van der Waals surface area (Å²) in [4.78, 5) is 0.329. The monoisotopic (exact) mass is 382 g/mol. The lowest BCUT2D eigenvalue weighted by Gasteiger charge is -2.26. The maximum atomic E-state index is 13.1. The second kappa shape index (κ2) is 8.11. The van der Waals surface area contributed by atoms with Crippen LogP contribution in [0.15, 0.2) is 77.8 Å². The summed E-state index contributed by atoms with van der Waals surface area (Å²) in [5, 5.41) is 0. The first kappa shape index (κ1) is 19.4. The van der Waals surface area contributed by atoms with E-state index in [2.05, 4.69) is 29.7 Å². The highest BCUT2D eigenvalue weighted by molar-refractivity contribution is 7.89. The average molecular weight is 383 g/mol. The molecule has 0 N–H and O–H groups in total. The predicted molar refractivity (Wildman–Crippen MR) is 109 cm³/mol. The Balaban J connectivity index is 1.88. The predicted octanol–water partition coefficient (Wildman–Crippen LogP) is 4.44. The van der Waals surface area contributed by atoms with Gasteiger partial charge in [-0.3, -0.25) is 0 Å². The molecule has 2 aromatic carbocycles. The molecule has 142 valence electrons. The lowest BCUT2D eigenvalue weighted by atomic mass is 10.1. The van der Waals surface area contributed by atoms with Gasteiger partial charge in [0.2, 0.25) is 10.0 Å². The Bertz CT molecular complexity index is 992. The Labute approximate surface area is 162 Å². The van der Waals surface area contributed by atoms with Gasteiger partial charge in [0.15, 0.2) is 0 Å². The largest absolute Gasteiger partial charge is 0.346 e. The Hall–Kier alpha value is -2.37. The summed E-state index contributed by atoms with van der Waals surface area (Å²) in [5.41, 5.74) is 3.40. The van der Waals surface area contributed by atoms with E-state index in [-0.39, 0.29) is 6.04 Å². The number of rotatable bonds is 7. The zero-order chi connectivity index (χ0) is 19.4. The highest BCUT2D eigenvalue weighted by Crippen LogP contribution is 2.21. The molecule has 0 amide bonds. The molecular formula is C22H26N2O2S. The lowest BCUT2D eigenvalue weighted by molar-refractivity contribution is 0.340. The number of sulfonamides is 1. The number of aryl methyl sites for hydroxylation is 1. The van der Waals surface area contributed by atoms with Gasteiger partial charge in [-0.05, 0) is 50.6 Å². The maximum Gasteiger partial charge on any atom is 0.243 e. The summed E-state index contributed by atoms with van der Waals surface area (Å²) in [6.45, 7) is 6.96. The van der Waals surface area contributed by atoms with Gasteiger partial charge in [0, 0.05) is 24.5 Å². The quantitative estimate of drug-likeness (QED) is 0.606. The fraction of sp³-hybridized carbons (Fsp3) is 0.273. The van der Waals surface area contributed by atoms with Crippen LogP contribution in [0.4, 0.5) is 0 Å². The van der Waals surface area contributed by atoms with Crippen LogP contribution in [0.3, 0.4) is 0 Å². The molecule has 0 fully saturated rings. The van der Waals surface area contributed by atoms with E-state index >= 15 is 0 Å². The van der Waals surface area contributed by atoms with Crippen LogP contribution in [0.5, 0.6) is 0 Å². The smallest absolute Gasteiger partial charge is 0.243 e. The molecule has 0 saturated carbocycles. The highest BCUT2D eigenvalue weighted by atomic mass is 32.2. The van der Waals surface area contributed by atoms with E-state index < -0.39 is 10.0 Å². The molecule has 0 aliphatic heterocycles. The zero-order valence-corrected chi connectivity index (χ0v) is 16.9. The van der Waals surface area contributed by atoms with E-state index in [4.69, 9.17) is 0 Å². The molecule has 3 aromatic rings. The van der Waals surface area contributed by atoms with Crippen molar-refractivity contribution in [2.45, 2.75) is 44.8 Å². The molecule has 27 heavy (non-hydrogen) atoms. The molecule has 0 atom stereocenters. The fourth-order valence-electron chi connectivity index (χ4n) is 3.19. The summed E-state index contributed by atoms with van der Waals surface area (Å²) in [6.07, 6.45) is 2.01. The van der Waals surface area contributed by atoms with Crippen LogP contribution in [0.25, 0.3) is 0 Å². The van der Waals surface area contributed by atoms with Gasteiger partial charge in [-0.15, -0.1) is 0 Å². The van der Waals surface area contributed by atoms with Crippen LogP contribution in [0, 0.1) is 6.92 Å². The Morgan fingerprint density at radius 3 is 2.37 bits per heavy atom. The first-order chi connectivity index (χ1) is 12.9. The van der Waals surface area contributed by atoms with Gasteiger partial charge in [-0.25, -0.2) is 8.42 Å². The minimum absolute atomic E-state index is 0.141. The number of hydrogen-bond acceptors (Lipinski definition) is 2. The van der Waals surface area contributed by atoms with Gasteiger partial charge < -0.3 is 4.57 Å². The van der Waals surface area contributed by atoms with E-state index in [9.17, 15) is 8.42 Å². The topological polar surface area (TPSA) is 42.3 Å². The third kappa shape index (κ3) is 4.49. The molecule has 0 aliphatic rings. The Kier molecular flexibility index (Phi) is 5.82. The molecule has 1 aromatic heterocycles. The van der Waals surface area contributed by atoms with Gasteiger partial charge in [0.05, 0.1) is 11.4 Å². The van der Waals surface area contributed by atoms with Gasteiger partial charge in [-0.2, -0.15) is 4.31 Å². The molecule has 5 heteroatoms. The first-order valence-corrected chi connectivity index (χ1v) is 10.6. The van der Waals surface area contributed by atoms with Gasteiger partial charge in [0.1, 0.15) is 0 Å². The first-order valence-electron chi connectivity index (χ1n) is 9.14. The van der Waals surface area contributed by atoms with Crippen LogP contribution in [0.2, 0.25) is 0 Å². The molecule has 4 nitrogen and oxygen atoms in total. The van der Waals surface area contributed by atoms with Crippen LogP contribution in [-0.4, -0.2) is 23.3 Å².